The molecular weight excluding hydrogens is 637 g/mol. The molecule has 49 heavy (non-hydrogen) atoms. The normalized spacial score (nSPS) is 19.2. The number of aromatic nitrogens is 3. The van der Waals surface area contributed by atoms with Crippen LogP contribution in [0.5, 0.6) is 0 Å². The molecule has 2 amide bonds. The maximum Gasteiger partial charge on any atom is 0.407 e. The third-order valence-electron chi connectivity index (χ3n) is 8.86. The van der Waals surface area contributed by atoms with Crippen molar-refractivity contribution < 1.29 is 32.6 Å². The first-order chi connectivity index (χ1) is 23.0. The van der Waals surface area contributed by atoms with E-state index in [0.717, 1.165) is 23.6 Å². The smallest absolute Gasteiger partial charge is 0.407 e. The Balaban J connectivity index is 1.38. The number of halogens is 3. The van der Waals surface area contributed by atoms with E-state index in [1.165, 1.54) is 50.2 Å². The van der Waals surface area contributed by atoms with Crippen molar-refractivity contribution in [2.45, 2.75) is 96.2 Å². The van der Waals surface area contributed by atoms with Crippen molar-refractivity contribution in [1.82, 2.24) is 25.2 Å². The van der Waals surface area contributed by atoms with Crippen LogP contribution in [-0.2, 0) is 11.3 Å². The molecule has 0 radical (unpaired) electrons. The minimum absolute atomic E-state index is 0.0368. The fourth-order valence-electron chi connectivity index (χ4n) is 6.92. The molecule has 0 saturated carbocycles. The van der Waals surface area contributed by atoms with E-state index in [4.69, 9.17) is 4.74 Å². The van der Waals surface area contributed by atoms with Gasteiger partial charge >= 0.3 is 6.09 Å². The van der Waals surface area contributed by atoms with Gasteiger partial charge in [0.1, 0.15) is 28.5 Å². The van der Waals surface area contributed by atoms with Gasteiger partial charge in [-0.2, -0.15) is 5.26 Å². The largest absolute Gasteiger partial charge is 0.444 e. The monoisotopic (exact) mass is 674 g/mol. The molecule has 2 atom stereocenters. The van der Waals surface area contributed by atoms with E-state index in [1.807, 2.05) is 4.90 Å². The number of alkyl carbamates (subject to hydrolysis) is 1. The fourth-order valence-corrected chi connectivity index (χ4v) is 6.92. The zero-order valence-electron chi connectivity index (χ0n) is 27.9. The summed E-state index contributed by atoms with van der Waals surface area (Å²) in [4.78, 5) is 28.4. The SMILES string of the molecule is CC(C)(O)Cn1nnc2cc(-c3ccc(C(=O)N4C5CCC4CC(NC(=O)OC(C)(C)C)C5)cc3-c3ccc(C#N)c(F)c3)c(F)c(F)c21. The highest BCUT2D eigenvalue weighted by molar-refractivity contribution is 5.99. The van der Waals surface area contributed by atoms with Gasteiger partial charge in [0.25, 0.3) is 5.91 Å². The number of carbonyl (C=O) groups excluding carboxylic acids is 2. The number of hydrogen-bond donors (Lipinski definition) is 2. The average molecular weight is 675 g/mol. The van der Waals surface area contributed by atoms with Crippen LogP contribution in [0.3, 0.4) is 0 Å². The van der Waals surface area contributed by atoms with Crippen molar-refractivity contribution in [1.29, 1.82) is 5.26 Å². The second-order valence-corrected chi connectivity index (χ2v) is 14.5. The van der Waals surface area contributed by atoms with Crippen LogP contribution in [0.2, 0.25) is 0 Å². The van der Waals surface area contributed by atoms with Crippen LogP contribution in [-0.4, -0.2) is 66.3 Å². The van der Waals surface area contributed by atoms with Crippen LogP contribution >= 0.6 is 0 Å². The summed E-state index contributed by atoms with van der Waals surface area (Å²) in [5.74, 6) is -3.52. The Morgan fingerprint density at radius 1 is 0.980 bits per heavy atom. The molecule has 3 heterocycles. The second-order valence-electron chi connectivity index (χ2n) is 14.5. The van der Waals surface area contributed by atoms with Gasteiger partial charge in [-0.05, 0) is 107 Å². The van der Waals surface area contributed by atoms with Gasteiger partial charge in [0.15, 0.2) is 11.6 Å². The number of carbonyl (C=O) groups is 2. The minimum Gasteiger partial charge on any atom is -0.444 e. The lowest BCUT2D eigenvalue weighted by Gasteiger charge is -2.39. The van der Waals surface area contributed by atoms with Crippen molar-refractivity contribution in [3.8, 4) is 28.3 Å². The molecule has 2 saturated heterocycles. The number of aliphatic hydroxyl groups is 1. The van der Waals surface area contributed by atoms with Gasteiger partial charge in [0, 0.05) is 29.3 Å². The molecule has 2 bridgehead atoms. The van der Waals surface area contributed by atoms with E-state index < -0.39 is 34.7 Å². The summed E-state index contributed by atoms with van der Waals surface area (Å²) < 4.78 is 53.1. The number of hydrogen-bond acceptors (Lipinski definition) is 7. The molecular formula is C36H37F3N6O4. The number of benzene rings is 3. The van der Waals surface area contributed by atoms with Gasteiger partial charge in [-0.25, -0.2) is 22.6 Å². The molecule has 4 aromatic rings. The van der Waals surface area contributed by atoms with E-state index in [1.54, 1.807) is 26.8 Å². The number of nitrogens with one attached hydrogen (secondary N) is 1. The Morgan fingerprint density at radius 2 is 1.67 bits per heavy atom. The number of piperidine rings is 1. The van der Waals surface area contributed by atoms with Crippen LogP contribution in [0.1, 0.15) is 76.2 Å². The fraction of sp³-hybridized carbons (Fsp3) is 0.417. The number of nitrogens with zero attached hydrogens (tertiary/aromatic N) is 5. The van der Waals surface area contributed by atoms with Crippen LogP contribution in [0.15, 0.2) is 42.5 Å². The summed E-state index contributed by atoms with van der Waals surface area (Å²) in [6.07, 6.45) is 2.10. The summed E-state index contributed by atoms with van der Waals surface area (Å²) in [6.45, 7) is 8.24. The van der Waals surface area contributed by atoms with Crippen molar-refractivity contribution in [2.75, 3.05) is 0 Å². The zero-order valence-corrected chi connectivity index (χ0v) is 27.9. The number of ether oxygens (including phenoxy) is 1. The van der Waals surface area contributed by atoms with Crippen LogP contribution in [0.25, 0.3) is 33.3 Å². The number of rotatable bonds is 6. The van der Waals surface area contributed by atoms with Gasteiger partial charge in [-0.1, -0.05) is 17.3 Å². The van der Waals surface area contributed by atoms with Crippen LogP contribution < -0.4 is 5.32 Å². The molecule has 2 aliphatic rings. The first kappa shape index (κ1) is 33.9. The molecule has 3 aromatic carbocycles. The number of amides is 2. The van der Waals surface area contributed by atoms with Crippen LogP contribution in [0, 0.1) is 28.8 Å². The third-order valence-corrected chi connectivity index (χ3v) is 8.86. The van der Waals surface area contributed by atoms with Crippen LogP contribution in [0.4, 0.5) is 18.0 Å². The predicted octanol–water partition coefficient (Wildman–Crippen LogP) is 6.49. The standard InChI is InChI=1S/C36H37F3N6O4/c1-35(2,3)49-34(47)41-22-14-23-9-10-24(15-22)45(23)33(46)20-8-11-25(26(12-20)19-6-7-21(17-40)28(37)13-19)27-16-29-32(31(39)30(27)38)44(43-42-29)18-36(4,5)48/h6-8,11-13,16,22-24,48H,9-10,14-15,18H2,1-5H3,(H,41,47). The van der Waals surface area contributed by atoms with E-state index in [0.29, 0.717) is 12.8 Å². The summed E-state index contributed by atoms with van der Waals surface area (Å²) in [5, 5.41) is 30.4. The van der Waals surface area contributed by atoms with E-state index >= 15 is 8.78 Å². The molecule has 0 aliphatic carbocycles. The maximum atomic E-state index is 15.9. The molecule has 13 heteroatoms. The highest BCUT2D eigenvalue weighted by Gasteiger charge is 2.44. The number of nitriles is 1. The number of fused-ring (bicyclic) bond motifs is 3. The lowest BCUT2D eigenvalue weighted by Crippen LogP contribution is -2.53. The Kier molecular flexibility index (Phi) is 8.65. The summed E-state index contributed by atoms with van der Waals surface area (Å²) in [5.41, 5.74) is -1.57. The molecule has 2 unspecified atom stereocenters. The summed E-state index contributed by atoms with van der Waals surface area (Å²) in [6, 6.07) is 11.1. The second kappa shape index (κ2) is 12.5. The molecule has 2 fully saturated rings. The summed E-state index contributed by atoms with van der Waals surface area (Å²) >= 11 is 0. The molecule has 256 valence electrons. The van der Waals surface area contributed by atoms with Gasteiger partial charge in [-0.3, -0.25) is 4.79 Å². The third kappa shape index (κ3) is 6.83. The van der Waals surface area contributed by atoms with Crippen molar-refractivity contribution in [3.05, 3.63) is 71.0 Å². The average Bonchev–Trinajstić information content (AvgIpc) is 3.53. The Labute approximate surface area is 281 Å². The first-order valence-corrected chi connectivity index (χ1v) is 16.1. The Bertz CT molecular complexity index is 1990. The maximum absolute atomic E-state index is 15.9. The first-order valence-electron chi connectivity index (χ1n) is 16.1. The molecule has 10 nitrogen and oxygen atoms in total. The molecule has 6 rings (SSSR count). The molecule has 1 aromatic heterocycles. The van der Waals surface area contributed by atoms with Crippen molar-refractivity contribution in [3.63, 3.8) is 0 Å². The van der Waals surface area contributed by atoms with Crippen molar-refractivity contribution in [2.24, 2.45) is 0 Å². The van der Waals surface area contributed by atoms with Gasteiger partial charge < -0.3 is 20.1 Å². The molecule has 2 N–H and O–H groups in total. The predicted molar refractivity (Wildman–Crippen MR) is 175 cm³/mol. The van der Waals surface area contributed by atoms with Crippen molar-refractivity contribution >= 4 is 23.0 Å². The molecule has 2 aliphatic heterocycles. The van der Waals surface area contributed by atoms with E-state index in [2.05, 4.69) is 15.6 Å². The van der Waals surface area contributed by atoms with E-state index in [9.17, 15) is 24.3 Å². The van der Waals surface area contributed by atoms with Gasteiger partial charge in [0.2, 0.25) is 0 Å². The quantitative estimate of drug-likeness (QED) is 0.239. The summed E-state index contributed by atoms with van der Waals surface area (Å²) in [7, 11) is 0. The minimum atomic E-state index is -1.28. The molecule has 0 spiro atoms. The Hall–Kier alpha value is -4.96. The Morgan fingerprint density at radius 3 is 2.29 bits per heavy atom. The van der Waals surface area contributed by atoms with Gasteiger partial charge in [-0.15, -0.1) is 5.10 Å². The van der Waals surface area contributed by atoms with Gasteiger partial charge in [0.05, 0.1) is 17.7 Å². The highest BCUT2D eigenvalue weighted by atomic mass is 19.2. The lowest BCUT2D eigenvalue weighted by molar-refractivity contribution is 0.0417. The lowest BCUT2D eigenvalue weighted by atomic mass is 9.90. The van der Waals surface area contributed by atoms with E-state index in [-0.39, 0.29) is 75.0 Å². The zero-order chi connectivity index (χ0) is 35.4. The highest BCUT2D eigenvalue weighted by Crippen LogP contribution is 2.40. The topological polar surface area (TPSA) is 133 Å².